The van der Waals surface area contributed by atoms with E-state index in [0.717, 1.165) is 12.1 Å². The Hall–Kier alpha value is -1.32. The van der Waals surface area contributed by atoms with E-state index in [1.807, 2.05) is 18.3 Å². The molecule has 0 radical (unpaired) electrons. The molecule has 0 saturated carbocycles. The zero-order valence-electron chi connectivity index (χ0n) is 8.83. The monoisotopic (exact) mass is 204 g/mol. The van der Waals surface area contributed by atoms with Gasteiger partial charge in [0.1, 0.15) is 0 Å². The Morgan fingerprint density at radius 1 is 1.40 bits per heavy atom. The Kier molecular flexibility index (Phi) is 3.04. The van der Waals surface area contributed by atoms with Gasteiger partial charge >= 0.3 is 0 Å². The molecule has 0 saturated heterocycles. The number of nitrogens with one attached hydrogen (secondary N) is 2. The Labute approximate surface area is 89.1 Å². The number of fused-ring (bicyclic) bond motifs is 1. The van der Waals surface area contributed by atoms with E-state index in [1.165, 1.54) is 10.9 Å². The summed E-state index contributed by atoms with van der Waals surface area (Å²) < 4.78 is 0. The van der Waals surface area contributed by atoms with Crippen LogP contribution in [-0.4, -0.2) is 22.7 Å². The SMILES string of the molecule is CC(O)CNCc1c[nH]c2ccccc12. The molecule has 0 aliphatic carbocycles. The summed E-state index contributed by atoms with van der Waals surface area (Å²) in [6.07, 6.45) is 1.72. The number of aromatic amines is 1. The average molecular weight is 204 g/mol. The number of benzene rings is 1. The van der Waals surface area contributed by atoms with Crippen molar-refractivity contribution >= 4 is 10.9 Å². The number of hydrogen-bond acceptors (Lipinski definition) is 2. The Bertz CT molecular complexity index is 434. The van der Waals surface area contributed by atoms with Gasteiger partial charge in [-0.25, -0.2) is 0 Å². The molecule has 2 rings (SSSR count). The van der Waals surface area contributed by atoms with Crippen LogP contribution in [-0.2, 0) is 6.54 Å². The lowest BCUT2D eigenvalue weighted by Crippen LogP contribution is -2.23. The van der Waals surface area contributed by atoms with Crippen molar-refractivity contribution in [1.29, 1.82) is 0 Å². The molecule has 1 heterocycles. The van der Waals surface area contributed by atoms with Gasteiger partial charge in [-0.05, 0) is 18.6 Å². The van der Waals surface area contributed by atoms with Crippen LogP contribution in [0, 0.1) is 0 Å². The first-order valence-corrected chi connectivity index (χ1v) is 5.21. The van der Waals surface area contributed by atoms with Gasteiger partial charge in [0.2, 0.25) is 0 Å². The van der Waals surface area contributed by atoms with Crippen LogP contribution >= 0.6 is 0 Å². The number of H-pyrrole nitrogens is 1. The molecular formula is C12H16N2O. The minimum atomic E-state index is -0.296. The fourth-order valence-corrected chi connectivity index (χ4v) is 1.69. The van der Waals surface area contributed by atoms with Crippen LogP contribution in [0.4, 0.5) is 0 Å². The quantitative estimate of drug-likeness (QED) is 0.709. The summed E-state index contributed by atoms with van der Waals surface area (Å²) >= 11 is 0. The van der Waals surface area contributed by atoms with Crippen molar-refractivity contribution in [2.24, 2.45) is 0 Å². The Morgan fingerprint density at radius 2 is 2.20 bits per heavy atom. The number of hydrogen-bond donors (Lipinski definition) is 3. The molecule has 3 heteroatoms. The molecule has 15 heavy (non-hydrogen) atoms. The second-order valence-corrected chi connectivity index (χ2v) is 3.84. The van der Waals surface area contributed by atoms with Crippen molar-refractivity contribution in [2.45, 2.75) is 19.6 Å². The van der Waals surface area contributed by atoms with Crippen molar-refractivity contribution in [3.63, 3.8) is 0 Å². The van der Waals surface area contributed by atoms with Crippen molar-refractivity contribution in [3.05, 3.63) is 36.0 Å². The van der Waals surface area contributed by atoms with E-state index in [1.54, 1.807) is 6.92 Å². The molecule has 0 fully saturated rings. The smallest absolute Gasteiger partial charge is 0.0636 e. The number of rotatable bonds is 4. The highest BCUT2D eigenvalue weighted by atomic mass is 16.3. The molecule has 1 aromatic carbocycles. The largest absolute Gasteiger partial charge is 0.392 e. The zero-order valence-corrected chi connectivity index (χ0v) is 8.83. The van der Waals surface area contributed by atoms with E-state index in [-0.39, 0.29) is 6.10 Å². The predicted octanol–water partition coefficient (Wildman–Crippen LogP) is 1.64. The van der Waals surface area contributed by atoms with Gasteiger partial charge < -0.3 is 15.4 Å². The third kappa shape index (κ3) is 2.37. The topological polar surface area (TPSA) is 48.0 Å². The Balaban J connectivity index is 2.08. The highest BCUT2D eigenvalue weighted by molar-refractivity contribution is 5.82. The van der Waals surface area contributed by atoms with Crippen molar-refractivity contribution < 1.29 is 5.11 Å². The van der Waals surface area contributed by atoms with Gasteiger partial charge in [-0.15, -0.1) is 0 Å². The lowest BCUT2D eigenvalue weighted by molar-refractivity contribution is 0.191. The second kappa shape index (κ2) is 4.47. The molecule has 0 aliphatic rings. The minimum absolute atomic E-state index is 0.296. The van der Waals surface area contributed by atoms with Crippen LogP contribution in [0.5, 0.6) is 0 Å². The molecule has 2 aromatic rings. The molecule has 1 unspecified atom stereocenters. The zero-order chi connectivity index (χ0) is 10.7. The second-order valence-electron chi connectivity index (χ2n) is 3.84. The Morgan fingerprint density at radius 3 is 3.00 bits per heavy atom. The summed E-state index contributed by atoms with van der Waals surface area (Å²) in [5, 5.41) is 13.6. The average Bonchev–Trinajstić information content (AvgIpc) is 2.62. The molecule has 0 amide bonds. The van der Waals surface area contributed by atoms with Crippen molar-refractivity contribution in [1.82, 2.24) is 10.3 Å². The van der Waals surface area contributed by atoms with Crippen LogP contribution < -0.4 is 5.32 Å². The summed E-state index contributed by atoms with van der Waals surface area (Å²) in [4.78, 5) is 3.22. The maximum absolute atomic E-state index is 9.12. The molecule has 0 aliphatic heterocycles. The van der Waals surface area contributed by atoms with Crippen LogP contribution in [0.1, 0.15) is 12.5 Å². The minimum Gasteiger partial charge on any atom is -0.392 e. The molecule has 3 N–H and O–H groups in total. The summed E-state index contributed by atoms with van der Waals surface area (Å²) in [6, 6.07) is 8.22. The lowest BCUT2D eigenvalue weighted by Gasteiger charge is -2.05. The first-order valence-electron chi connectivity index (χ1n) is 5.21. The third-order valence-corrected chi connectivity index (χ3v) is 2.43. The summed E-state index contributed by atoms with van der Waals surface area (Å²) in [7, 11) is 0. The summed E-state index contributed by atoms with van der Waals surface area (Å²) in [5.74, 6) is 0. The maximum atomic E-state index is 9.12. The van der Waals surface area contributed by atoms with Gasteiger partial charge in [0.15, 0.2) is 0 Å². The van der Waals surface area contributed by atoms with E-state index >= 15 is 0 Å². The van der Waals surface area contributed by atoms with Crippen LogP contribution in [0.2, 0.25) is 0 Å². The standard InChI is InChI=1S/C12H16N2O/c1-9(15)6-13-7-10-8-14-12-5-3-2-4-11(10)12/h2-5,8-9,13-15H,6-7H2,1H3. The molecule has 80 valence electrons. The van der Waals surface area contributed by atoms with Crippen LogP contribution in [0.25, 0.3) is 10.9 Å². The van der Waals surface area contributed by atoms with Gasteiger partial charge in [0.25, 0.3) is 0 Å². The molecule has 0 bridgehead atoms. The van der Waals surface area contributed by atoms with Gasteiger partial charge in [0, 0.05) is 30.2 Å². The van der Waals surface area contributed by atoms with E-state index in [0.29, 0.717) is 6.54 Å². The number of aromatic nitrogens is 1. The van der Waals surface area contributed by atoms with Gasteiger partial charge in [-0.1, -0.05) is 18.2 Å². The first-order chi connectivity index (χ1) is 7.27. The lowest BCUT2D eigenvalue weighted by atomic mass is 10.2. The fourth-order valence-electron chi connectivity index (χ4n) is 1.69. The van der Waals surface area contributed by atoms with Gasteiger partial charge in [-0.2, -0.15) is 0 Å². The third-order valence-electron chi connectivity index (χ3n) is 2.43. The first kappa shape index (κ1) is 10.2. The normalized spacial score (nSPS) is 13.2. The van der Waals surface area contributed by atoms with E-state index in [2.05, 4.69) is 22.4 Å². The predicted molar refractivity (Wildman–Crippen MR) is 61.7 cm³/mol. The van der Waals surface area contributed by atoms with Crippen molar-refractivity contribution in [2.75, 3.05) is 6.54 Å². The molecule has 0 spiro atoms. The number of para-hydroxylation sites is 1. The van der Waals surface area contributed by atoms with E-state index < -0.39 is 0 Å². The van der Waals surface area contributed by atoms with Gasteiger partial charge in [-0.3, -0.25) is 0 Å². The van der Waals surface area contributed by atoms with E-state index in [9.17, 15) is 0 Å². The molecule has 1 atom stereocenters. The summed E-state index contributed by atoms with van der Waals surface area (Å²) in [6.45, 7) is 3.19. The fraction of sp³-hybridized carbons (Fsp3) is 0.333. The van der Waals surface area contributed by atoms with Gasteiger partial charge in [0.05, 0.1) is 6.10 Å². The molecular weight excluding hydrogens is 188 g/mol. The van der Waals surface area contributed by atoms with E-state index in [4.69, 9.17) is 5.11 Å². The maximum Gasteiger partial charge on any atom is 0.0636 e. The highest BCUT2D eigenvalue weighted by Gasteiger charge is 2.02. The summed E-state index contributed by atoms with van der Waals surface area (Å²) in [5.41, 5.74) is 2.40. The van der Waals surface area contributed by atoms with Crippen LogP contribution in [0.15, 0.2) is 30.5 Å². The molecule has 1 aromatic heterocycles. The highest BCUT2D eigenvalue weighted by Crippen LogP contribution is 2.16. The number of aliphatic hydroxyl groups excluding tert-OH is 1. The molecule has 3 nitrogen and oxygen atoms in total. The van der Waals surface area contributed by atoms with Crippen molar-refractivity contribution in [3.8, 4) is 0 Å². The van der Waals surface area contributed by atoms with Crippen LogP contribution in [0.3, 0.4) is 0 Å². The number of aliphatic hydroxyl groups is 1.